The minimum Gasteiger partial charge on any atom is -0.457 e. The zero-order chi connectivity index (χ0) is 68.6. The van der Waals surface area contributed by atoms with E-state index in [1.807, 2.05) is 68.6 Å². The molecule has 516 valence electrons. The Kier molecular flexibility index (Phi) is 26.0. The van der Waals surface area contributed by atoms with Gasteiger partial charge in [0.2, 0.25) is 29.5 Å². The van der Waals surface area contributed by atoms with Crippen molar-refractivity contribution in [3.8, 4) is 22.5 Å². The molecule has 27 heteroatoms. The van der Waals surface area contributed by atoms with Crippen molar-refractivity contribution in [2.45, 2.75) is 134 Å². The van der Waals surface area contributed by atoms with Crippen molar-refractivity contribution in [2.24, 2.45) is 13.0 Å². The summed E-state index contributed by atoms with van der Waals surface area (Å²) in [7, 11) is 7.86. The van der Waals surface area contributed by atoms with Crippen LogP contribution in [0.2, 0.25) is 5.02 Å². The zero-order valence-corrected chi connectivity index (χ0v) is 56.4. The highest BCUT2D eigenvalue weighted by Crippen LogP contribution is 2.49. The Labute approximate surface area is 559 Å². The highest BCUT2D eigenvalue weighted by molar-refractivity contribution is 6.34. The van der Waals surface area contributed by atoms with Gasteiger partial charge in [0.05, 0.1) is 101 Å². The average molecular weight is 1340 g/mol. The summed E-state index contributed by atoms with van der Waals surface area (Å²) < 4.78 is 48.0. The number of carbonyl (C=O) groups is 7. The second kappa shape index (κ2) is 33.8. The Balaban J connectivity index is 0.697. The number of aryl methyl sites for hydroxylation is 1. The molecule has 6 amide bonds. The lowest BCUT2D eigenvalue weighted by atomic mass is 9.83. The van der Waals surface area contributed by atoms with E-state index in [0.717, 1.165) is 44.9 Å². The Morgan fingerprint density at radius 1 is 0.884 bits per heavy atom. The standard InChI is InChI=1S/C68H90ClN9O17/c1-43-16-14-21-54(88-9)68(87)40-53(93-66(86)71-68)44(2)64-67(4,95-64)55(39-60(84)76(7)52-38-46(36-43)37-48(42-79)61(52)69)94-65(85)45(3)75(6)58(82)23-15-22-57(81)74(5)27-29-90-31-33-92-35-34-91-32-30-89-28-25-56(80)70-26-24-59(83)78-41-47-17-10-11-18-49(47)62-63(77(8)73-72-62)50-19-12-13-20-51(50)78/h10-14,16-21,37-38,44-45,53-55,64,79,87H,15,22-36,39-42H2,1-9H3,(H,70,80)(H,71,86)/b21-14+,43-16-/t44-,45+,53+,54-,55+,64+,67+,68+/m1/s1. The number of nitrogens with zero attached hydrogens (tertiary/aromatic N) is 7. The molecule has 0 unspecified atom stereocenters. The first-order chi connectivity index (χ1) is 45.5. The monoisotopic (exact) mass is 1340 g/mol. The summed E-state index contributed by atoms with van der Waals surface area (Å²) in [5.74, 6) is -2.93. The Bertz CT molecular complexity index is 3440. The van der Waals surface area contributed by atoms with Crippen LogP contribution in [0.25, 0.3) is 22.5 Å². The van der Waals surface area contributed by atoms with E-state index in [4.69, 9.17) is 49.5 Å². The highest BCUT2D eigenvalue weighted by atomic mass is 35.5. The summed E-state index contributed by atoms with van der Waals surface area (Å²) in [6.07, 6.45) is 0.672. The zero-order valence-electron chi connectivity index (χ0n) is 55.6. The number of carbonyl (C=O) groups excluding carboxylic acids is 7. The molecule has 5 heterocycles. The number of fused-ring (bicyclic) bond motifs is 10. The predicted molar refractivity (Wildman–Crippen MR) is 350 cm³/mol. The topological polar surface area (TPSA) is 305 Å². The molecule has 95 heavy (non-hydrogen) atoms. The summed E-state index contributed by atoms with van der Waals surface area (Å²) in [5, 5.41) is 36.4. The molecule has 26 nitrogen and oxygen atoms in total. The van der Waals surface area contributed by atoms with Crippen LogP contribution in [-0.4, -0.2) is 213 Å². The highest BCUT2D eigenvalue weighted by Gasteiger charge is 2.64. The van der Waals surface area contributed by atoms with Crippen molar-refractivity contribution < 1.29 is 81.7 Å². The van der Waals surface area contributed by atoms with Gasteiger partial charge in [-0.15, -0.1) is 5.10 Å². The van der Waals surface area contributed by atoms with Crippen LogP contribution in [-0.2, 0) is 93.3 Å². The second-order valence-electron chi connectivity index (χ2n) is 24.6. The van der Waals surface area contributed by atoms with Crippen molar-refractivity contribution in [3.05, 3.63) is 106 Å². The fourth-order valence-corrected chi connectivity index (χ4v) is 12.2. The van der Waals surface area contributed by atoms with Crippen LogP contribution in [0.3, 0.4) is 0 Å². The van der Waals surface area contributed by atoms with Gasteiger partial charge in [0.15, 0.2) is 5.72 Å². The molecular weight excluding hydrogens is 1250 g/mol. The van der Waals surface area contributed by atoms with Crippen molar-refractivity contribution in [2.75, 3.05) is 104 Å². The van der Waals surface area contributed by atoms with E-state index >= 15 is 0 Å². The number of aliphatic hydroxyl groups excluding tert-OH is 1. The molecule has 0 spiro atoms. The van der Waals surface area contributed by atoms with Crippen molar-refractivity contribution >= 4 is 64.6 Å². The number of nitrogens with one attached hydrogen (secondary N) is 2. The molecule has 0 saturated carbocycles. The lowest BCUT2D eigenvalue weighted by molar-refractivity contribution is -0.162. The molecule has 8 atom stereocenters. The molecule has 4 aliphatic heterocycles. The van der Waals surface area contributed by atoms with Gasteiger partial charge in [-0.25, -0.2) is 14.3 Å². The van der Waals surface area contributed by atoms with Gasteiger partial charge in [0.1, 0.15) is 35.6 Å². The third-order valence-corrected chi connectivity index (χ3v) is 18.2. The second-order valence-corrected chi connectivity index (χ2v) is 24.9. The normalized spacial score (nSPS) is 22.9. The molecule has 4 aliphatic rings. The number of anilines is 2. The lowest BCUT2D eigenvalue weighted by Gasteiger charge is -2.42. The van der Waals surface area contributed by atoms with Crippen LogP contribution in [0, 0.1) is 5.92 Å². The fourth-order valence-electron chi connectivity index (χ4n) is 11.9. The third kappa shape index (κ3) is 18.7. The summed E-state index contributed by atoms with van der Waals surface area (Å²) in [4.78, 5) is 100. The molecule has 0 aliphatic carbocycles. The number of aromatic nitrogens is 3. The smallest absolute Gasteiger partial charge is 0.409 e. The average Bonchev–Trinajstić information content (AvgIpc) is 1.59. The quantitative estimate of drug-likeness (QED) is 0.0321. The number of halogens is 1. The Hall–Kier alpha value is -7.66. The molecule has 2 saturated heterocycles. The number of alkyl carbamates (subject to hydrolysis) is 1. The van der Waals surface area contributed by atoms with E-state index < -0.39 is 84.6 Å². The maximum absolute atomic E-state index is 14.4. The van der Waals surface area contributed by atoms with Gasteiger partial charge in [0, 0.05) is 97.5 Å². The largest absolute Gasteiger partial charge is 0.457 e. The minimum absolute atomic E-state index is 0.0523. The van der Waals surface area contributed by atoms with E-state index in [-0.39, 0.29) is 94.2 Å². The molecule has 0 radical (unpaired) electrons. The van der Waals surface area contributed by atoms with Gasteiger partial charge in [-0.2, -0.15) is 0 Å². The molecule has 4 N–H and O–H groups in total. The number of amides is 6. The van der Waals surface area contributed by atoms with Crippen LogP contribution in [0.4, 0.5) is 16.2 Å². The SMILES string of the molecule is CO[C@@H]1/C=C/C=C(/C)Cc2cc(CO)c(Cl)c(c2)N(C)C(=O)C[C@H](OC(=O)[C@H](C)N(C)C(=O)CCCC(=O)N(C)CCOCCOCCOCCOCCC(=O)NCCC(=O)N2Cc3ccccc3-c3nnn(C)c3-c3ccccc32)[C@]2(C)O[C@H]2[C@H](C)[C@@H]2C[C@@]1(O)NC(=O)O2. The maximum atomic E-state index is 14.4. The van der Waals surface area contributed by atoms with Crippen molar-refractivity contribution in [1.82, 2.24) is 35.4 Å². The molecule has 3 aromatic carbocycles. The maximum Gasteiger partial charge on any atom is 0.409 e. The number of ether oxygens (including phenoxy) is 8. The van der Waals surface area contributed by atoms with Gasteiger partial charge in [-0.3, -0.25) is 29.3 Å². The third-order valence-electron chi connectivity index (χ3n) is 17.8. The number of para-hydroxylation sites is 1. The number of epoxide rings is 1. The van der Waals surface area contributed by atoms with Gasteiger partial charge in [0.25, 0.3) is 0 Å². The van der Waals surface area contributed by atoms with Gasteiger partial charge in [-0.1, -0.05) is 96.1 Å². The summed E-state index contributed by atoms with van der Waals surface area (Å²) >= 11 is 6.80. The summed E-state index contributed by atoms with van der Waals surface area (Å²) in [6, 6.07) is 17.9. The first-order valence-corrected chi connectivity index (χ1v) is 32.5. The number of methoxy groups -OCH3 is 1. The van der Waals surface area contributed by atoms with Crippen LogP contribution >= 0.6 is 11.6 Å². The number of esters is 1. The molecule has 4 aromatic rings. The van der Waals surface area contributed by atoms with Gasteiger partial charge in [-0.05, 0) is 62.4 Å². The number of rotatable bonds is 27. The molecule has 8 rings (SSSR count). The number of aliphatic hydroxyl groups is 2. The van der Waals surface area contributed by atoms with Gasteiger partial charge < -0.3 is 73.0 Å². The molecule has 1 aromatic heterocycles. The number of likely N-dealkylation sites (N-methyl/N-ethyl adjacent to an activating group) is 2. The Morgan fingerprint density at radius 3 is 2.25 bits per heavy atom. The van der Waals surface area contributed by atoms with Gasteiger partial charge >= 0.3 is 12.1 Å². The summed E-state index contributed by atoms with van der Waals surface area (Å²) in [5.41, 5.74) is 4.12. The Morgan fingerprint density at radius 2 is 1.55 bits per heavy atom. The van der Waals surface area contributed by atoms with Crippen LogP contribution in [0.1, 0.15) is 89.3 Å². The molecular formula is C68H90ClN9O17. The molecule has 4 bridgehead atoms. The lowest BCUT2D eigenvalue weighted by Crippen LogP contribution is -2.63. The minimum atomic E-state index is -1.89. The van der Waals surface area contributed by atoms with E-state index in [2.05, 4.69) is 20.9 Å². The number of benzene rings is 3. The van der Waals surface area contributed by atoms with E-state index in [1.54, 1.807) is 54.8 Å². The van der Waals surface area contributed by atoms with Crippen LogP contribution < -0.4 is 20.4 Å². The molecule has 2 fully saturated rings. The first-order valence-electron chi connectivity index (χ1n) is 32.1. The predicted octanol–water partition coefficient (Wildman–Crippen LogP) is 5.60. The van der Waals surface area contributed by atoms with Crippen LogP contribution in [0.15, 0.2) is 84.5 Å². The van der Waals surface area contributed by atoms with Crippen molar-refractivity contribution in [1.29, 1.82) is 0 Å². The van der Waals surface area contributed by atoms with E-state index in [0.29, 0.717) is 57.2 Å². The fraction of sp³-hybridized carbons (Fsp3) is 0.544. The number of allylic oxidation sites excluding steroid dienone is 3. The van der Waals surface area contributed by atoms with E-state index in [9.17, 15) is 43.8 Å². The van der Waals surface area contributed by atoms with Crippen molar-refractivity contribution in [3.63, 3.8) is 0 Å². The van der Waals surface area contributed by atoms with E-state index in [1.165, 1.54) is 42.8 Å². The first kappa shape index (κ1) is 73.2. The van der Waals surface area contributed by atoms with Crippen LogP contribution in [0.5, 0.6) is 0 Å². The number of hydrogen-bond acceptors (Lipinski definition) is 19. The summed E-state index contributed by atoms with van der Waals surface area (Å²) in [6.45, 7) is 9.49. The number of hydrogen-bond donors (Lipinski definition) is 4.